The molecule has 1 aromatic rings. The number of benzene rings is 1. The smallest absolute Gasteiger partial charge is 0.257 e. The molecule has 0 bridgehead atoms. The van der Waals surface area contributed by atoms with Gasteiger partial charge in [0.2, 0.25) is 0 Å². The molecule has 19 heavy (non-hydrogen) atoms. The van der Waals surface area contributed by atoms with E-state index in [9.17, 15) is 9.90 Å². The molecule has 0 aliphatic carbocycles. The first kappa shape index (κ1) is 15.9. The summed E-state index contributed by atoms with van der Waals surface area (Å²) < 4.78 is 0.723. The molecule has 0 heterocycles. The lowest BCUT2D eigenvalue weighted by molar-refractivity contribution is 0.0752. The minimum absolute atomic E-state index is 0.0409. The molecule has 3 N–H and O–H groups in total. The van der Waals surface area contributed by atoms with Crippen LogP contribution in [0.5, 0.6) is 5.75 Å². The van der Waals surface area contributed by atoms with Gasteiger partial charge in [-0.3, -0.25) is 4.79 Å². The molecule has 0 fully saturated rings. The van der Waals surface area contributed by atoms with Gasteiger partial charge in [-0.05, 0) is 25.1 Å². The van der Waals surface area contributed by atoms with E-state index in [0.717, 1.165) is 4.47 Å². The Morgan fingerprint density at radius 1 is 1.58 bits per heavy atom. The topological polar surface area (TPSA) is 66.6 Å². The summed E-state index contributed by atoms with van der Waals surface area (Å²) in [7, 11) is 0. The zero-order chi connectivity index (χ0) is 14.6. The van der Waals surface area contributed by atoms with E-state index in [2.05, 4.69) is 15.9 Å². The van der Waals surface area contributed by atoms with Crippen molar-refractivity contribution < 1.29 is 9.90 Å². The molecule has 1 aromatic carbocycles. The molecular weight excluding hydrogens is 328 g/mol. The molecule has 0 saturated carbocycles. The number of carbonyl (C=O) groups excluding carboxylic acids is 1. The van der Waals surface area contributed by atoms with E-state index in [-0.39, 0.29) is 23.1 Å². The van der Waals surface area contributed by atoms with E-state index in [1.165, 1.54) is 6.07 Å². The number of hydrogen-bond donors (Lipinski definition) is 2. The van der Waals surface area contributed by atoms with E-state index in [1.54, 1.807) is 17.0 Å². The standard InChI is InChI=1S/C13H17BrN2O2S/c1-3-16(7-8(2)12(15)19)13(18)10-5-4-9(14)6-11(10)17/h4-6,8,17H,3,7H2,1-2H3,(H2,15,19). The van der Waals surface area contributed by atoms with Crippen LogP contribution in [0.3, 0.4) is 0 Å². The minimum Gasteiger partial charge on any atom is -0.507 e. The minimum atomic E-state index is -0.226. The van der Waals surface area contributed by atoms with Crippen LogP contribution in [0.4, 0.5) is 0 Å². The van der Waals surface area contributed by atoms with E-state index in [0.29, 0.717) is 18.1 Å². The number of nitrogens with two attached hydrogens (primary N) is 1. The van der Waals surface area contributed by atoms with Gasteiger partial charge in [0.25, 0.3) is 5.91 Å². The predicted molar refractivity (Wildman–Crippen MR) is 83.3 cm³/mol. The van der Waals surface area contributed by atoms with Crippen molar-refractivity contribution in [1.29, 1.82) is 0 Å². The summed E-state index contributed by atoms with van der Waals surface area (Å²) in [4.78, 5) is 14.3. The third kappa shape index (κ3) is 4.18. The number of carbonyl (C=O) groups is 1. The van der Waals surface area contributed by atoms with Gasteiger partial charge in [0.05, 0.1) is 10.6 Å². The van der Waals surface area contributed by atoms with Crippen LogP contribution in [0, 0.1) is 5.92 Å². The molecule has 1 amide bonds. The Balaban J connectivity index is 2.92. The summed E-state index contributed by atoms with van der Waals surface area (Å²) in [5, 5.41) is 9.82. The van der Waals surface area contributed by atoms with Gasteiger partial charge in [-0.25, -0.2) is 0 Å². The second-order valence-corrected chi connectivity index (χ2v) is 5.70. The summed E-state index contributed by atoms with van der Waals surface area (Å²) in [5.74, 6) is -0.326. The first-order valence-electron chi connectivity index (χ1n) is 5.93. The maximum absolute atomic E-state index is 12.3. The van der Waals surface area contributed by atoms with E-state index in [1.807, 2.05) is 13.8 Å². The van der Waals surface area contributed by atoms with Crippen LogP contribution >= 0.6 is 28.1 Å². The molecule has 104 valence electrons. The largest absolute Gasteiger partial charge is 0.507 e. The number of rotatable bonds is 5. The third-order valence-electron chi connectivity index (χ3n) is 2.84. The average molecular weight is 345 g/mol. The SMILES string of the molecule is CCN(CC(C)C(N)=S)C(=O)c1ccc(Br)cc1O. The van der Waals surface area contributed by atoms with Crippen molar-refractivity contribution in [2.75, 3.05) is 13.1 Å². The Bertz CT molecular complexity index is 494. The van der Waals surface area contributed by atoms with Crippen molar-refractivity contribution in [3.05, 3.63) is 28.2 Å². The highest BCUT2D eigenvalue weighted by molar-refractivity contribution is 9.10. The molecule has 0 radical (unpaired) electrons. The lowest BCUT2D eigenvalue weighted by atomic mass is 10.1. The van der Waals surface area contributed by atoms with Gasteiger partial charge >= 0.3 is 0 Å². The summed E-state index contributed by atoms with van der Waals surface area (Å²) in [6.45, 7) is 4.72. The molecule has 0 spiro atoms. The molecule has 1 unspecified atom stereocenters. The maximum Gasteiger partial charge on any atom is 0.257 e. The van der Waals surface area contributed by atoms with Crippen molar-refractivity contribution in [2.24, 2.45) is 11.7 Å². The first-order chi connectivity index (χ1) is 8.86. The number of nitrogens with zero attached hydrogens (tertiary/aromatic N) is 1. The summed E-state index contributed by atoms with van der Waals surface area (Å²) in [6.07, 6.45) is 0. The quantitative estimate of drug-likeness (QED) is 0.805. The van der Waals surface area contributed by atoms with Crippen molar-refractivity contribution in [3.8, 4) is 5.75 Å². The molecule has 4 nitrogen and oxygen atoms in total. The van der Waals surface area contributed by atoms with Crippen molar-refractivity contribution >= 4 is 39.0 Å². The highest BCUT2D eigenvalue weighted by Gasteiger charge is 2.20. The molecular formula is C13H17BrN2O2S. The third-order valence-corrected chi connectivity index (χ3v) is 3.73. The zero-order valence-electron chi connectivity index (χ0n) is 10.9. The fourth-order valence-corrected chi connectivity index (χ4v) is 2.06. The van der Waals surface area contributed by atoms with Gasteiger partial charge < -0.3 is 15.7 Å². The molecule has 0 aromatic heterocycles. The van der Waals surface area contributed by atoms with Crippen LogP contribution in [0.15, 0.2) is 22.7 Å². The molecule has 0 aliphatic heterocycles. The lowest BCUT2D eigenvalue weighted by Crippen LogP contribution is -2.38. The Kier molecular flexibility index (Phi) is 5.75. The van der Waals surface area contributed by atoms with Crippen molar-refractivity contribution in [1.82, 2.24) is 4.90 Å². The van der Waals surface area contributed by atoms with Crippen LogP contribution in [0.1, 0.15) is 24.2 Å². The number of hydrogen-bond acceptors (Lipinski definition) is 3. The summed E-state index contributed by atoms with van der Waals surface area (Å²) >= 11 is 8.16. The second-order valence-electron chi connectivity index (χ2n) is 4.31. The molecule has 6 heteroatoms. The number of halogens is 1. The molecule has 1 rings (SSSR count). The molecule has 0 aliphatic rings. The van der Waals surface area contributed by atoms with Gasteiger partial charge in [-0.2, -0.15) is 0 Å². The maximum atomic E-state index is 12.3. The van der Waals surface area contributed by atoms with Gasteiger partial charge in [0.15, 0.2) is 0 Å². The van der Waals surface area contributed by atoms with E-state index in [4.69, 9.17) is 18.0 Å². The summed E-state index contributed by atoms with van der Waals surface area (Å²) in [5.41, 5.74) is 5.84. The highest BCUT2D eigenvalue weighted by Crippen LogP contribution is 2.23. The van der Waals surface area contributed by atoms with Crippen molar-refractivity contribution in [2.45, 2.75) is 13.8 Å². The second kappa shape index (κ2) is 6.86. The van der Waals surface area contributed by atoms with Gasteiger partial charge in [-0.1, -0.05) is 35.1 Å². The number of phenols is 1. The van der Waals surface area contributed by atoms with E-state index >= 15 is 0 Å². The Hall–Kier alpha value is -1.14. The average Bonchev–Trinajstić information content (AvgIpc) is 2.34. The van der Waals surface area contributed by atoms with Gasteiger partial charge in [0.1, 0.15) is 5.75 Å². The Morgan fingerprint density at radius 2 is 2.21 bits per heavy atom. The summed E-state index contributed by atoms with van der Waals surface area (Å²) in [6, 6.07) is 4.81. The number of aromatic hydroxyl groups is 1. The number of phenolic OH excluding ortho intramolecular Hbond substituents is 1. The number of amides is 1. The van der Waals surface area contributed by atoms with E-state index < -0.39 is 0 Å². The Labute approximate surface area is 126 Å². The van der Waals surface area contributed by atoms with Crippen LogP contribution in [-0.4, -0.2) is 34.0 Å². The molecule has 0 saturated heterocycles. The first-order valence-corrected chi connectivity index (χ1v) is 7.14. The van der Waals surface area contributed by atoms with Crippen LogP contribution in [-0.2, 0) is 0 Å². The van der Waals surface area contributed by atoms with Gasteiger partial charge in [-0.15, -0.1) is 0 Å². The van der Waals surface area contributed by atoms with Crippen LogP contribution < -0.4 is 5.73 Å². The fourth-order valence-electron chi connectivity index (χ4n) is 1.63. The van der Waals surface area contributed by atoms with Crippen LogP contribution in [0.2, 0.25) is 0 Å². The lowest BCUT2D eigenvalue weighted by Gasteiger charge is -2.24. The predicted octanol–water partition coefficient (Wildman–Crippen LogP) is 2.54. The van der Waals surface area contributed by atoms with Gasteiger partial charge in [0, 0.05) is 23.5 Å². The Morgan fingerprint density at radius 3 is 2.68 bits per heavy atom. The monoisotopic (exact) mass is 344 g/mol. The zero-order valence-corrected chi connectivity index (χ0v) is 13.3. The fraction of sp³-hybridized carbons (Fsp3) is 0.385. The van der Waals surface area contributed by atoms with Crippen molar-refractivity contribution in [3.63, 3.8) is 0 Å². The van der Waals surface area contributed by atoms with Crippen LogP contribution in [0.25, 0.3) is 0 Å². The number of thiocarbonyl (C=S) groups is 1. The normalized spacial score (nSPS) is 11.9. The highest BCUT2D eigenvalue weighted by atomic mass is 79.9. The molecule has 1 atom stereocenters.